The Morgan fingerprint density at radius 2 is 1.77 bits per heavy atom. The molecule has 2 N–H and O–H groups in total. The number of aliphatic hydroxyl groups excluding tert-OH is 1. The summed E-state index contributed by atoms with van der Waals surface area (Å²) in [5, 5.41) is 12.2. The molecule has 5 heteroatoms. The zero-order chi connectivity index (χ0) is 18.8. The third kappa shape index (κ3) is 6.63. The predicted octanol–water partition coefficient (Wildman–Crippen LogP) is 4.60. The number of hydrogen-bond acceptors (Lipinski definition) is 4. The molecule has 0 heterocycles. The third-order valence-corrected chi connectivity index (χ3v) is 4.74. The molecule has 0 saturated carbocycles. The summed E-state index contributed by atoms with van der Waals surface area (Å²) in [4.78, 5) is 0. The lowest BCUT2D eigenvalue weighted by Gasteiger charge is -2.15. The van der Waals surface area contributed by atoms with E-state index in [-0.39, 0.29) is 6.61 Å². The second-order valence-corrected chi connectivity index (χ2v) is 7.06. The fraction of sp³-hybridized carbons (Fsp3) is 0.429. The topological polar surface area (TPSA) is 50.7 Å². The van der Waals surface area contributed by atoms with Gasteiger partial charge in [-0.1, -0.05) is 45.8 Å². The number of aliphatic hydroxyl groups is 1. The minimum absolute atomic E-state index is 0.243. The highest BCUT2D eigenvalue weighted by Crippen LogP contribution is 2.34. The molecule has 4 nitrogen and oxygen atoms in total. The molecular formula is C21H28BrNO3. The minimum atomic E-state index is 0.243. The summed E-state index contributed by atoms with van der Waals surface area (Å²) in [6.07, 6.45) is 1.79. The van der Waals surface area contributed by atoms with Gasteiger partial charge in [-0.3, -0.25) is 0 Å². The normalized spacial score (nSPS) is 10.8. The van der Waals surface area contributed by atoms with Gasteiger partial charge < -0.3 is 19.9 Å². The number of halogens is 1. The van der Waals surface area contributed by atoms with Crippen LogP contribution in [0, 0.1) is 6.92 Å². The summed E-state index contributed by atoms with van der Waals surface area (Å²) in [6, 6.07) is 12.3. The van der Waals surface area contributed by atoms with Gasteiger partial charge in [-0.25, -0.2) is 0 Å². The van der Waals surface area contributed by atoms with E-state index >= 15 is 0 Å². The number of unbranched alkanes of at least 4 members (excludes halogenated alkanes) is 1. The Balaban J connectivity index is 2.03. The summed E-state index contributed by atoms with van der Waals surface area (Å²) >= 11 is 3.64. The van der Waals surface area contributed by atoms with Crippen molar-refractivity contribution < 1.29 is 14.6 Å². The van der Waals surface area contributed by atoms with E-state index in [1.165, 1.54) is 5.56 Å². The molecule has 0 amide bonds. The first-order valence-corrected chi connectivity index (χ1v) is 9.88. The molecule has 26 heavy (non-hydrogen) atoms. The summed E-state index contributed by atoms with van der Waals surface area (Å²) in [5.74, 6) is 1.50. The maximum atomic E-state index is 8.83. The number of benzene rings is 2. The van der Waals surface area contributed by atoms with Gasteiger partial charge in [-0.15, -0.1) is 0 Å². The Labute approximate surface area is 164 Å². The number of aryl methyl sites for hydroxylation is 1. The summed E-state index contributed by atoms with van der Waals surface area (Å²) < 4.78 is 12.8. The monoisotopic (exact) mass is 421 g/mol. The van der Waals surface area contributed by atoms with Crippen LogP contribution in [0.5, 0.6) is 11.5 Å². The Kier molecular flexibility index (Phi) is 8.95. The van der Waals surface area contributed by atoms with Crippen molar-refractivity contribution in [2.45, 2.75) is 39.8 Å². The van der Waals surface area contributed by atoms with E-state index in [1.54, 1.807) is 0 Å². The van der Waals surface area contributed by atoms with Crippen LogP contribution in [0.4, 0.5) is 0 Å². The lowest BCUT2D eigenvalue weighted by atomic mass is 10.1. The quantitative estimate of drug-likeness (QED) is 0.520. The smallest absolute Gasteiger partial charge is 0.162 e. The highest BCUT2D eigenvalue weighted by Gasteiger charge is 2.11. The standard InChI is InChI=1S/C21H28BrNO3/c1-3-25-20-12-18(14-23-10-4-5-11-24)19(22)13-21(20)26-15-17-8-6-16(2)7-9-17/h6-9,12-13,23-24H,3-5,10-11,14-15H2,1-2H3. The van der Waals surface area contributed by atoms with Crippen molar-refractivity contribution in [2.75, 3.05) is 19.8 Å². The molecular weight excluding hydrogens is 394 g/mol. The van der Waals surface area contributed by atoms with Crippen molar-refractivity contribution in [3.8, 4) is 11.5 Å². The van der Waals surface area contributed by atoms with Crippen LogP contribution in [0.25, 0.3) is 0 Å². The van der Waals surface area contributed by atoms with Crippen LogP contribution >= 0.6 is 15.9 Å². The lowest BCUT2D eigenvalue weighted by molar-refractivity contribution is 0.268. The number of hydrogen-bond donors (Lipinski definition) is 2. The lowest BCUT2D eigenvalue weighted by Crippen LogP contribution is -2.15. The molecule has 2 aromatic rings. The molecule has 2 aromatic carbocycles. The summed E-state index contributed by atoms with van der Waals surface area (Å²) in [7, 11) is 0. The molecule has 0 aromatic heterocycles. The molecule has 0 spiro atoms. The van der Waals surface area contributed by atoms with Crippen molar-refractivity contribution >= 4 is 15.9 Å². The largest absolute Gasteiger partial charge is 0.490 e. The van der Waals surface area contributed by atoms with E-state index in [2.05, 4.69) is 52.4 Å². The molecule has 0 atom stereocenters. The second kappa shape index (κ2) is 11.2. The predicted molar refractivity (Wildman–Crippen MR) is 109 cm³/mol. The van der Waals surface area contributed by atoms with Gasteiger partial charge in [0.15, 0.2) is 11.5 Å². The maximum absolute atomic E-state index is 8.83. The molecule has 0 radical (unpaired) electrons. The maximum Gasteiger partial charge on any atom is 0.162 e. The van der Waals surface area contributed by atoms with E-state index in [1.807, 2.05) is 19.1 Å². The van der Waals surface area contributed by atoms with E-state index in [9.17, 15) is 0 Å². The molecule has 0 saturated heterocycles. The van der Waals surface area contributed by atoms with Crippen LogP contribution in [-0.4, -0.2) is 24.9 Å². The van der Waals surface area contributed by atoms with Crippen LogP contribution in [0.15, 0.2) is 40.9 Å². The van der Waals surface area contributed by atoms with Crippen molar-refractivity contribution in [3.63, 3.8) is 0 Å². The number of ether oxygens (including phenoxy) is 2. The Hall–Kier alpha value is -1.56. The third-order valence-electron chi connectivity index (χ3n) is 4.00. The molecule has 0 fully saturated rings. The van der Waals surface area contributed by atoms with Crippen LogP contribution in [-0.2, 0) is 13.2 Å². The van der Waals surface area contributed by atoms with Crippen molar-refractivity contribution in [1.82, 2.24) is 5.32 Å². The van der Waals surface area contributed by atoms with E-state index in [0.717, 1.165) is 53.0 Å². The van der Waals surface area contributed by atoms with Crippen LogP contribution in [0.2, 0.25) is 0 Å². The van der Waals surface area contributed by atoms with Crippen LogP contribution < -0.4 is 14.8 Å². The molecule has 0 aliphatic rings. The fourth-order valence-corrected chi connectivity index (χ4v) is 2.99. The molecule has 0 aliphatic carbocycles. The second-order valence-electron chi connectivity index (χ2n) is 6.21. The summed E-state index contributed by atoms with van der Waals surface area (Å²) in [5.41, 5.74) is 3.49. The van der Waals surface area contributed by atoms with Crippen LogP contribution in [0.3, 0.4) is 0 Å². The van der Waals surface area contributed by atoms with Gasteiger partial charge in [0.2, 0.25) is 0 Å². The highest BCUT2D eigenvalue weighted by atomic mass is 79.9. The Morgan fingerprint density at radius 3 is 2.46 bits per heavy atom. The Bertz CT molecular complexity index is 674. The number of rotatable bonds is 11. The zero-order valence-corrected chi connectivity index (χ0v) is 17.1. The first-order valence-electron chi connectivity index (χ1n) is 9.09. The molecule has 0 unspecified atom stereocenters. The Morgan fingerprint density at radius 1 is 1.04 bits per heavy atom. The number of nitrogens with one attached hydrogen (secondary N) is 1. The van der Waals surface area contributed by atoms with Crippen molar-refractivity contribution in [3.05, 3.63) is 57.6 Å². The fourth-order valence-electron chi connectivity index (χ4n) is 2.52. The van der Waals surface area contributed by atoms with Gasteiger partial charge in [0, 0.05) is 17.6 Å². The first-order chi connectivity index (χ1) is 12.6. The average molecular weight is 422 g/mol. The van der Waals surface area contributed by atoms with Gasteiger partial charge >= 0.3 is 0 Å². The molecule has 0 bridgehead atoms. The van der Waals surface area contributed by atoms with Crippen molar-refractivity contribution in [2.24, 2.45) is 0 Å². The van der Waals surface area contributed by atoms with Crippen LogP contribution in [0.1, 0.15) is 36.5 Å². The van der Waals surface area contributed by atoms with E-state index in [4.69, 9.17) is 14.6 Å². The molecule has 2 rings (SSSR count). The first kappa shape index (κ1) is 20.7. The van der Waals surface area contributed by atoms with Crippen molar-refractivity contribution in [1.29, 1.82) is 0 Å². The van der Waals surface area contributed by atoms with Gasteiger partial charge in [0.05, 0.1) is 6.61 Å². The minimum Gasteiger partial charge on any atom is -0.490 e. The SMILES string of the molecule is CCOc1cc(CNCCCCO)c(Br)cc1OCc1ccc(C)cc1. The van der Waals surface area contributed by atoms with Gasteiger partial charge in [-0.2, -0.15) is 0 Å². The van der Waals surface area contributed by atoms with Gasteiger partial charge in [0.1, 0.15) is 6.61 Å². The molecule has 142 valence electrons. The average Bonchev–Trinajstić information content (AvgIpc) is 2.64. The van der Waals surface area contributed by atoms with E-state index < -0.39 is 0 Å². The van der Waals surface area contributed by atoms with E-state index in [0.29, 0.717) is 13.2 Å². The van der Waals surface area contributed by atoms with Gasteiger partial charge in [-0.05, 0) is 56.5 Å². The zero-order valence-electron chi connectivity index (χ0n) is 15.6. The molecule has 0 aliphatic heterocycles. The van der Waals surface area contributed by atoms with Gasteiger partial charge in [0.25, 0.3) is 0 Å². The highest BCUT2D eigenvalue weighted by molar-refractivity contribution is 9.10. The summed E-state index contributed by atoms with van der Waals surface area (Å²) in [6.45, 7) is 7.00.